The van der Waals surface area contributed by atoms with E-state index in [0.717, 1.165) is 12.8 Å². The van der Waals surface area contributed by atoms with E-state index in [4.69, 9.17) is 4.74 Å². The third kappa shape index (κ3) is 2.43. The molecule has 106 valence electrons. The fraction of sp³-hybridized carbons (Fsp3) is 1.00. The zero-order valence-corrected chi connectivity index (χ0v) is 11.9. The Labute approximate surface area is 109 Å². The van der Waals surface area contributed by atoms with Crippen LogP contribution in [0.15, 0.2) is 0 Å². The molecule has 0 aromatic rings. The van der Waals surface area contributed by atoms with Crippen molar-refractivity contribution in [1.29, 1.82) is 0 Å². The lowest BCUT2D eigenvalue weighted by molar-refractivity contribution is -0.156. The molecule has 1 saturated carbocycles. The minimum atomic E-state index is -0.932. The van der Waals surface area contributed by atoms with E-state index < -0.39 is 12.3 Å². The molecule has 0 bridgehead atoms. The summed E-state index contributed by atoms with van der Waals surface area (Å²) in [6, 6.07) is 0. The quantitative estimate of drug-likeness (QED) is 0.728. The van der Waals surface area contributed by atoms with E-state index in [1.165, 1.54) is 0 Å². The Morgan fingerprint density at radius 2 is 1.78 bits per heavy atom. The molecule has 1 saturated heterocycles. The lowest BCUT2D eigenvalue weighted by Crippen LogP contribution is -2.52. The summed E-state index contributed by atoms with van der Waals surface area (Å²) in [7, 11) is 0. The number of hydrogen-bond acceptors (Lipinski definition) is 1. The molecule has 7 atom stereocenters. The molecule has 1 nitrogen and oxygen atoms in total. The van der Waals surface area contributed by atoms with Gasteiger partial charge >= 0.3 is 0 Å². The topological polar surface area (TPSA) is 9.23 Å². The Kier molecular flexibility index (Phi) is 4.30. The molecule has 2 rings (SSSR count). The molecule has 7 unspecified atom stereocenters. The van der Waals surface area contributed by atoms with Crippen LogP contribution in [0.1, 0.15) is 40.5 Å². The lowest BCUT2D eigenvalue weighted by Gasteiger charge is -2.48. The van der Waals surface area contributed by atoms with Gasteiger partial charge in [0.1, 0.15) is 12.3 Å². The van der Waals surface area contributed by atoms with E-state index >= 15 is 0 Å². The smallest absolute Gasteiger partial charge is 0.129 e. The fourth-order valence-corrected chi connectivity index (χ4v) is 3.73. The molecule has 0 amide bonds. The Morgan fingerprint density at radius 3 is 2.39 bits per heavy atom. The largest absolute Gasteiger partial charge is 0.374 e. The number of alkyl halides is 2. The molecule has 1 heterocycles. The van der Waals surface area contributed by atoms with Gasteiger partial charge in [0.05, 0.1) is 12.7 Å². The molecule has 2 fully saturated rings. The highest BCUT2D eigenvalue weighted by molar-refractivity contribution is 4.95. The van der Waals surface area contributed by atoms with Crippen LogP contribution in [-0.2, 0) is 4.74 Å². The first kappa shape index (κ1) is 14.2. The highest BCUT2D eigenvalue weighted by Crippen LogP contribution is 2.45. The molecule has 1 aliphatic carbocycles. The summed E-state index contributed by atoms with van der Waals surface area (Å²) >= 11 is 0. The molecule has 18 heavy (non-hydrogen) atoms. The van der Waals surface area contributed by atoms with E-state index in [1.807, 2.05) is 27.7 Å². The van der Waals surface area contributed by atoms with Gasteiger partial charge in [-0.15, -0.1) is 0 Å². The lowest BCUT2D eigenvalue weighted by atomic mass is 9.65. The minimum Gasteiger partial charge on any atom is -0.374 e. The molecule has 2 aliphatic rings. The summed E-state index contributed by atoms with van der Waals surface area (Å²) in [6.07, 6.45) is -0.0923. The van der Waals surface area contributed by atoms with Crippen LogP contribution < -0.4 is 0 Å². The number of halogens is 2. The first-order chi connectivity index (χ1) is 8.43. The van der Waals surface area contributed by atoms with Crippen LogP contribution in [0.5, 0.6) is 0 Å². The van der Waals surface area contributed by atoms with Crippen molar-refractivity contribution >= 4 is 0 Å². The predicted molar refractivity (Wildman–Crippen MR) is 68.9 cm³/mol. The molecule has 0 radical (unpaired) electrons. The van der Waals surface area contributed by atoms with E-state index in [-0.39, 0.29) is 29.8 Å². The molecular weight excluding hydrogens is 234 g/mol. The SMILES string of the molecule is CC(C)C(F)C1OCC2C(F)C(C)CCC2C1C. The summed E-state index contributed by atoms with van der Waals surface area (Å²) in [5, 5.41) is 0. The monoisotopic (exact) mass is 260 g/mol. The van der Waals surface area contributed by atoms with Gasteiger partial charge in [0.15, 0.2) is 0 Å². The third-order valence-electron chi connectivity index (χ3n) is 5.08. The molecule has 1 aliphatic heterocycles. The van der Waals surface area contributed by atoms with Gasteiger partial charge in [-0.2, -0.15) is 0 Å². The van der Waals surface area contributed by atoms with Gasteiger partial charge in [-0.25, -0.2) is 8.78 Å². The van der Waals surface area contributed by atoms with Crippen molar-refractivity contribution in [2.75, 3.05) is 6.61 Å². The summed E-state index contributed by atoms with van der Waals surface area (Å²) in [4.78, 5) is 0. The van der Waals surface area contributed by atoms with Crippen LogP contribution in [0.3, 0.4) is 0 Å². The predicted octanol–water partition coefficient (Wildman–Crippen LogP) is 4.02. The first-order valence-electron chi connectivity index (χ1n) is 7.33. The normalized spacial score (nSPS) is 46.8. The van der Waals surface area contributed by atoms with Gasteiger partial charge in [-0.05, 0) is 36.5 Å². The summed E-state index contributed by atoms with van der Waals surface area (Å²) in [6.45, 7) is 8.18. The van der Waals surface area contributed by atoms with Crippen molar-refractivity contribution in [3.8, 4) is 0 Å². The zero-order valence-electron chi connectivity index (χ0n) is 11.9. The van der Waals surface area contributed by atoms with E-state index in [1.54, 1.807) is 0 Å². The van der Waals surface area contributed by atoms with Crippen LogP contribution in [-0.4, -0.2) is 25.1 Å². The average molecular weight is 260 g/mol. The maximum absolute atomic E-state index is 14.2. The van der Waals surface area contributed by atoms with Crippen molar-refractivity contribution in [3.05, 3.63) is 0 Å². The van der Waals surface area contributed by atoms with Gasteiger partial charge < -0.3 is 4.74 Å². The van der Waals surface area contributed by atoms with Crippen LogP contribution in [0, 0.1) is 29.6 Å². The van der Waals surface area contributed by atoms with Gasteiger partial charge in [0.25, 0.3) is 0 Å². The molecule has 0 aromatic heterocycles. The fourth-order valence-electron chi connectivity index (χ4n) is 3.73. The van der Waals surface area contributed by atoms with Gasteiger partial charge in [-0.3, -0.25) is 0 Å². The van der Waals surface area contributed by atoms with Gasteiger partial charge in [-0.1, -0.05) is 27.7 Å². The standard InChI is InChI=1S/C15H26F2O/c1-8(2)13(16)15-10(4)11-6-5-9(3)14(17)12(11)7-18-15/h8-15H,5-7H2,1-4H3. The maximum Gasteiger partial charge on any atom is 0.129 e. The maximum atomic E-state index is 14.2. The van der Waals surface area contributed by atoms with E-state index in [2.05, 4.69) is 0 Å². The molecule has 3 heteroatoms. The van der Waals surface area contributed by atoms with Crippen LogP contribution in [0.25, 0.3) is 0 Å². The third-order valence-corrected chi connectivity index (χ3v) is 5.08. The van der Waals surface area contributed by atoms with Crippen molar-refractivity contribution in [2.24, 2.45) is 29.6 Å². The van der Waals surface area contributed by atoms with Gasteiger partial charge in [0.2, 0.25) is 0 Å². The Bertz CT molecular complexity index is 282. The summed E-state index contributed by atoms with van der Waals surface area (Å²) in [5.41, 5.74) is 0. The van der Waals surface area contributed by atoms with Crippen molar-refractivity contribution in [2.45, 2.75) is 59.0 Å². The van der Waals surface area contributed by atoms with E-state index in [9.17, 15) is 8.78 Å². The Morgan fingerprint density at radius 1 is 1.11 bits per heavy atom. The second kappa shape index (κ2) is 5.44. The molecular formula is C15H26F2O. The molecule has 0 aromatic carbocycles. The number of hydrogen-bond donors (Lipinski definition) is 0. The van der Waals surface area contributed by atoms with Crippen molar-refractivity contribution in [3.63, 3.8) is 0 Å². The minimum absolute atomic E-state index is 0.0145. The zero-order chi connectivity index (χ0) is 13.4. The van der Waals surface area contributed by atoms with Gasteiger partial charge in [0, 0.05) is 5.92 Å². The second-order valence-corrected chi connectivity index (χ2v) is 6.67. The number of rotatable bonds is 2. The highest BCUT2D eigenvalue weighted by Gasteiger charge is 2.48. The Balaban J connectivity index is 2.08. The van der Waals surface area contributed by atoms with Crippen LogP contribution >= 0.6 is 0 Å². The van der Waals surface area contributed by atoms with Crippen molar-refractivity contribution in [1.82, 2.24) is 0 Å². The van der Waals surface area contributed by atoms with E-state index in [0.29, 0.717) is 12.5 Å². The molecule has 0 N–H and O–H groups in total. The average Bonchev–Trinajstić information content (AvgIpc) is 2.33. The highest BCUT2D eigenvalue weighted by atomic mass is 19.1. The van der Waals surface area contributed by atoms with Crippen LogP contribution in [0.4, 0.5) is 8.78 Å². The second-order valence-electron chi connectivity index (χ2n) is 6.67. The van der Waals surface area contributed by atoms with Crippen LogP contribution in [0.2, 0.25) is 0 Å². The summed E-state index contributed by atoms with van der Waals surface area (Å²) in [5.74, 6) is 0.515. The molecule has 0 spiro atoms. The summed E-state index contributed by atoms with van der Waals surface area (Å²) < 4.78 is 34.1. The number of fused-ring (bicyclic) bond motifs is 1. The number of ether oxygens (including phenoxy) is 1. The van der Waals surface area contributed by atoms with Crippen molar-refractivity contribution < 1.29 is 13.5 Å². The first-order valence-corrected chi connectivity index (χ1v) is 7.33. The Hall–Kier alpha value is -0.180.